The SMILES string of the molecule is INC1=NC2(c3ccccc3CC23CCCCCC3)C2CCCCN12. The van der Waals surface area contributed by atoms with Gasteiger partial charge in [0, 0.05) is 12.0 Å². The van der Waals surface area contributed by atoms with Crippen LogP contribution in [0.15, 0.2) is 29.3 Å². The second-order valence-corrected chi connectivity index (χ2v) is 9.07. The number of aliphatic imine (C=N–C) groups is 1. The fourth-order valence-corrected chi connectivity index (χ4v) is 6.94. The normalized spacial score (nSPS) is 33.1. The van der Waals surface area contributed by atoms with Crippen LogP contribution in [-0.2, 0) is 12.0 Å². The fourth-order valence-electron chi connectivity index (χ4n) is 6.51. The molecule has 1 N–H and O–H groups in total. The van der Waals surface area contributed by atoms with E-state index < -0.39 is 0 Å². The molecule has 1 aromatic carbocycles. The zero-order chi connectivity index (χ0) is 16.9. The summed E-state index contributed by atoms with van der Waals surface area (Å²) in [5, 5.41) is 0. The second-order valence-electron chi connectivity index (χ2n) is 8.53. The smallest absolute Gasteiger partial charge is 0.204 e. The highest BCUT2D eigenvalue weighted by Crippen LogP contribution is 2.63. The van der Waals surface area contributed by atoms with Gasteiger partial charge in [0.05, 0.1) is 28.9 Å². The molecule has 2 atom stereocenters. The van der Waals surface area contributed by atoms with Crippen LogP contribution in [0.4, 0.5) is 0 Å². The molecule has 2 aliphatic carbocycles. The Labute approximate surface area is 165 Å². The maximum absolute atomic E-state index is 5.57. The quantitative estimate of drug-likeness (QED) is 0.449. The molecule has 2 aliphatic heterocycles. The maximum Gasteiger partial charge on any atom is 0.204 e. The molecule has 0 amide bonds. The Balaban J connectivity index is 1.72. The van der Waals surface area contributed by atoms with Crippen molar-refractivity contribution in [2.24, 2.45) is 10.4 Å². The van der Waals surface area contributed by atoms with E-state index in [0.717, 1.165) is 5.96 Å². The highest BCUT2D eigenvalue weighted by Gasteiger charge is 2.65. The summed E-state index contributed by atoms with van der Waals surface area (Å²) in [7, 11) is 0. The van der Waals surface area contributed by atoms with E-state index in [1.807, 2.05) is 0 Å². The predicted molar refractivity (Wildman–Crippen MR) is 111 cm³/mol. The first kappa shape index (κ1) is 16.4. The first-order valence-corrected chi connectivity index (χ1v) is 11.2. The van der Waals surface area contributed by atoms with Crippen LogP contribution in [0.25, 0.3) is 0 Å². The van der Waals surface area contributed by atoms with Gasteiger partial charge in [0.25, 0.3) is 0 Å². The summed E-state index contributed by atoms with van der Waals surface area (Å²) in [6, 6.07) is 9.82. The predicted octanol–water partition coefficient (Wildman–Crippen LogP) is 4.94. The molecule has 0 radical (unpaired) electrons. The molecule has 0 aromatic heterocycles. The molecular formula is C21H28IN3. The van der Waals surface area contributed by atoms with E-state index in [-0.39, 0.29) is 5.54 Å². The number of rotatable bonds is 0. The standard InChI is InChI=1S/C21H28IN3/c22-24-19-23-21(18-11-5-8-14-25(18)19)17-10-4-3-9-16(17)15-20(21)12-6-1-2-7-13-20/h3-4,9-10,18H,1-2,5-8,11-15H2,(H,23,24). The molecular weight excluding hydrogens is 421 g/mol. The van der Waals surface area contributed by atoms with Crippen LogP contribution in [0.3, 0.4) is 0 Å². The number of guanidine groups is 1. The minimum atomic E-state index is -0.0120. The molecule has 134 valence electrons. The van der Waals surface area contributed by atoms with Crippen molar-refractivity contribution in [2.45, 2.75) is 75.8 Å². The molecule has 0 bridgehead atoms. The van der Waals surface area contributed by atoms with Gasteiger partial charge in [-0.2, -0.15) is 0 Å². The Kier molecular flexibility index (Phi) is 4.03. The first-order chi connectivity index (χ1) is 12.3. The molecule has 4 aliphatic rings. The van der Waals surface area contributed by atoms with Crippen molar-refractivity contribution in [3.8, 4) is 0 Å². The number of benzene rings is 1. The molecule has 2 fully saturated rings. The maximum atomic E-state index is 5.57. The largest absolute Gasteiger partial charge is 0.337 e. The van der Waals surface area contributed by atoms with Crippen molar-refractivity contribution < 1.29 is 0 Å². The van der Waals surface area contributed by atoms with Crippen LogP contribution in [0.5, 0.6) is 0 Å². The molecule has 1 aromatic rings. The van der Waals surface area contributed by atoms with Crippen LogP contribution in [0.2, 0.25) is 0 Å². The number of fused-ring (bicyclic) bond motifs is 5. The number of hydrogen-bond acceptors (Lipinski definition) is 3. The Morgan fingerprint density at radius 1 is 1.04 bits per heavy atom. The summed E-state index contributed by atoms with van der Waals surface area (Å²) >= 11 is 2.29. The summed E-state index contributed by atoms with van der Waals surface area (Å²) in [6.45, 7) is 1.17. The van der Waals surface area contributed by atoms with Crippen LogP contribution in [0.1, 0.15) is 68.9 Å². The van der Waals surface area contributed by atoms with E-state index in [2.05, 4.69) is 55.6 Å². The number of halogens is 1. The first-order valence-electron chi connectivity index (χ1n) is 10.1. The van der Waals surface area contributed by atoms with E-state index in [9.17, 15) is 0 Å². The zero-order valence-electron chi connectivity index (χ0n) is 14.9. The molecule has 3 nitrogen and oxygen atoms in total. The fraction of sp³-hybridized carbons (Fsp3) is 0.667. The van der Waals surface area contributed by atoms with Gasteiger partial charge in [0.1, 0.15) is 5.54 Å². The lowest BCUT2D eigenvalue weighted by Gasteiger charge is -2.48. The molecule has 1 saturated carbocycles. The average Bonchev–Trinajstić information content (AvgIpc) is 3.01. The van der Waals surface area contributed by atoms with Gasteiger partial charge in [-0.1, -0.05) is 49.9 Å². The Bertz CT molecular complexity index is 692. The molecule has 4 heteroatoms. The molecule has 1 saturated heterocycles. The minimum absolute atomic E-state index is 0.0120. The summed E-state index contributed by atoms with van der Waals surface area (Å²) in [5.41, 5.74) is 3.45. The van der Waals surface area contributed by atoms with E-state index in [1.165, 1.54) is 70.8 Å². The summed E-state index contributed by atoms with van der Waals surface area (Å²) in [4.78, 5) is 8.18. The van der Waals surface area contributed by atoms with Gasteiger partial charge in [0.2, 0.25) is 5.96 Å². The van der Waals surface area contributed by atoms with Gasteiger partial charge >= 0.3 is 0 Å². The number of nitrogens with one attached hydrogen (secondary N) is 1. The highest BCUT2D eigenvalue weighted by atomic mass is 127. The lowest BCUT2D eigenvalue weighted by Crippen LogP contribution is -2.55. The van der Waals surface area contributed by atoms with Crippen molar-refractivity contribution in [1.82, 2.24) is 8.43 Å². The van der Waals surface area contributed by atoms with Crippen molar-refractivity contribution >= 4 is 28.8 Å². The summed E-state index contributed by atoms with van der Waals surface area (Å²) < 4.78 is 3.43. The highest BCUT2D eigenvalue weighted by molar-refractivity contribution is 14.1. The Hall–Kier alpha value is -0.780. The van der Waals surface area contributed by atoms with Crippen LogP contribution in [-0.4, -0.2) is 23.4 Å². The summed E-state index contributed by atoms with van der Waals surface area (Å²) in [5.74, 6) is 1.14. The lowest BCUT2D eigenvalue weighted by molar-refractivity contribution is 0.0479. The van der Waals surface area contributed by atoms with Crippen molar-refractivity contribution in [1.29, 1.82) is 0 Å². The molecule has 2 unspecified atom stereocenters. The second kappa shape index (κ2) is 6.14. The molecule has 2 heterocycles. The monoisotopic (exact) mass is 449 g/mol. The van der Waals surface area contributed by atoms with Crippen LogP contribution in [0, 0.1) is 5.41 Å². The zero-order valence-corrected chi connectivity index (χ0v) is 17.1. The minimum Gasteiger partial charge on any atom is -0.337 e. The molecule has 2 spiro atoms. The average molecular weight is 449 g/mol. The van der Waals surface area contributed by atoms with E-state index in [1.54, 1.807) is 11.1 Å². The number of nitrogens with zero attached hydrogens (tertiary/aromatic N) is 2. The van der Waals surface area contributed by atoms with Crippen molar-refractivity contribution in [2.75, 3.05) is 6.54 Å². The van der Waals surface area contributed by atoms with Gasteiger partial charge in [-0.05, 0) is 49.7 Å². The lowest BCUT2D eigenvalue weighted by atomic mass is 9.61. The van der Waals surface area contributed by atoms with E-state index in [4.69, 9.17) is 4.99 Å². The van der Waals surface area contributed by atoms with Crippen molar-refractivity contribution in [3.63, 3.8) is 0 Å². The topological polar surface area (TPSA) is 27.6 Å². The van der Waals surface area contributed by atoms with E-state index >= 15 is 0 Å². The van der Waals surface area contributed by atoms with Gasteiger partial charge in [0.15, 0.2) is 0 Å². The third kappa shape index (κ3) is 2.18. The van der Waals surface area contributed by atoms with Crippen LogP contribution >= 0.6 is 22.9 Å². The number of hydrogen-bond donors (Lipinski definition) is 1. The van der Waals surface area contributed by atoms with Gasteiger partial charge in [-0.25, -0.2) is 4.99 Å². The van der Waals surface area contributed by atoms with E-state index in [0.29, 0.717) is 11.5 Å². The third-order valence-electron chi connectivity index (χ3n) is 7.45. The Morgan fingerprint density at radius 2 is 1.84 bits per heavy atom. The molecule has 25 heavy (non-hydrogen) atoms. The summed E-state index contributed by atoms with van der Waals surface area (Å²) in [6.07, 6.45) is 13.5. The Morgan fingerprint density at radius 3 is 2.64 bits per heavy atom. The molecule has 5 rings (SSSR count). The third-order valence-corrected chi connectivity index (χ3v) is 7.93. The van der Waals surface area contributed by atoms with Gasteiger partial charge in [-0.15, -0.1) is 0 Å². The number of piperidine rings is 1. The van der Waals surface area contributed by atoms with Crippen LogP contribution < -0.4 is 3.53 Å². The van der Waals surface area contributed by atoms with Crippen molar-refractivity contribution in [3.05, 3.63) is 35.4 Å². The van der Waals surface area contributed by atoms with Gasteiger partial charge in [-0.3, -0.25) is 3.53 Å². The van der Waals surface area contributed by atoms with Gasteiger partial charge < -0.3 is 4.90 Å².